The number of thioether (sulfide) groups is 1. The number of hydrogen-bond acceptors (Lipinski definition) is 6. The Labute approximate surface area is 139 Å². The highest BCUT2D eigenvalue weighted by Crippen LogP contribution is 2.28. The molecule has 114 valence electrons. The maximum absolute atomic E-state index is 13.7. The van der Waals surface area contributed by atoms with Crippen LogP contribution >= 0.6 is 34.7 Å². The lowest BCUT2D eigenvalue weighted by atomic mass is 10.2. The zero-order valence-corrected chi connectivity index (χ0v) is 13.9. The van der Waals surface area contributed by atoms with Gasteiger partial charge in [0.15, 0.2) is 0 Å². The highest BCUT2D eigenvalue weighted by atomic mass is 35.5. The Kier molecular flexibility index (Phi) is 4.75. The van der Waals surface area contributed by atoms with Gasteiger partial charge in [0, 0.05) is 21.7 Å². The fourth-order valence-corrected chi connectivity index (χ4v) is 3.55. The van der Waals surface area contributed by atoms with Gasteiger partial charge in [0.05, 0.1) is 17.1 Å². The molecule has 1 aromatic carbocycles. The van der Waals surface area contributed by atoms with Crippen LogP contribution in [-0.4, -0.2) is 15.2 Å². The number of rotatable bonds is 5. The molecule has 0 saturated heterocycles. The van der Waals surface area contributed by atoms with Crippen LogP contribution < -0.4 is 0 Å². The molecular formula is C14H11ClFN3OS2. The van der Waals surface area contributed by atoms with Crippen LogP contribution in [0.1, 0.15) is 22.2 Å². The van der Waals surface area contributed by atoms with Crippen LogP contribution in [0.3, 0.4) is 0 Å². The molecule has 0 fully saturated rings. The molecule has 8 heteroatoms. The normalized spacial score (nSPS) is 11.0. The first-order valence-electron chi connectivity index (χ1n) is 6.41. The van der Waals surface area contributed by atoms with Crippen molar-refractivity contribution in [1.82, 2.24) is 15.2 Å². The molecule has 0 aliphatic rings. The van der Waals surface area contributed by atoms with Gasteiger partial charge < -0.3 is 4.42 Å². The second-order valence-electron chi connectivity index (χ2n) is 4.49. The summed E-state index contributed by atoms with van der Waals surface area (Å²) in [6.45, 7) is 1.95. The summed E-state index contributed by atoms with van der Waals surface area (Å²) in [6, 6.07) is 4.61. The smallest absolute Gasteiger partial charge is 0.276 e. The summed E-state index contributed by atoms with van der Waals surface area (Å²) >= 11 is 8.82. The lowest BCUT2D eigenvalue weighted by molar-refractivity contribution is 0.419. The van der Waals surface area contributed by atoms with Gasteiger partial charge in [0.1, 0.15) is 5.82 Å². The van der Waals surface area contributed by atoms with Gasteiger partial charge in [-0.15, -0.1) is 21.5 Å². The molecule has 0 unspecified atom stereocenters. The van der Waals surface area contributed by atoms with Crippen molar-refractivity contribution in [2.24, 2.45) is 0 Å². The van der Waals surface area contributed by atoms with Gasteiger partial charge in [-0.05, 0) is 19.1 Å². The predicted octanol–water partition coefficient (Wildman–Crippen LogP) is 4.51. The van der Waals surface area contributed by atoms with E-state index >= 15 is 0 Å². The fraction of sp³-hybridized carbons (Fsp3) is 0.214. The van der Waals surface area contributed by atoms with Crippen molar-refractivity contribution >= 4 is 34.7 Å². The topological polar surface area (TPSA) is 51.8 Å². The predicted molar refractivity (Wildman–Crippen MR) is 84.9 cm³/mol. The first-order valence-corrected chi connectivity index (χ1v) is 8.65. The minimum atomic E-state index is -0.335. The largest absolute Gasteiger partial charge is 0.416 e. The third-order valence-electron chi connectivity index (χ3n) is 2.85. The summed E-state index contributed by atoms with van der Waals surface area (Å²) in [5.41, 5.74) is 1.34. The second kappa shape index (κ2) is 6.76. The molecule has 0 aliphatic heterocycles. The van der Waals surface area contributed by atoms with E-state index in [1.807, 2.05) is 12.3 Å². The number of benzene rings is 1. The van der Waals surface area contributed by atoms with E-state index in [1.54, 1.807) is 23.5 Å². The van der Waals surface area contributed by atoms with Crippen molar-refractivity contribution < 1.29 is 8.81 Å². The van der Waals surface area contributed by atoms with Crippen LogP contribution in [0.5, 0.6) is 0 Å². The Morgan fingerprint density at radius 1 is 1.36 bits per heavy atom. The van der Waals surface area contributed by atoms with Gasteiger partial charge in [-0.25, -0.2) is 9.37 Å². The number of hydrogen-bond donors (Lipinski definition) is 0. The van der Waals surface area contributed by atoms with E-state index in [2.05, 4.69) is 15.2 Å². The molecule has 0 radical (unpaired) electrons. The Balaban J connectivity index is 1.64. The lowest BCUT2D eigenvalue weighted by Crippen LogP contribution is -1.88. The van der Waals surface area contributed by atoms with E-state index in [0.29, 0.717) is 33.9 Å². The number of nitrogens with zero attached hydrogens (tertiary/aromatic N) is 3. The maximum Gasteiger partial charge on any atom is 0.276 e. The maximum atomic E-state index is 13.7. The van der Waals surface area contributed by atoms with Gasteiger partial charge in [0.2, 0.25) is 5.89 Å². The minimum absolute atomic E-state index is 0.335. The van der Waals surface area contributed by atoms with Gasteiger partial charge in [-0.1, -0.05) is 29.4 Å². The van der Waals surface area contributed by atoms with E-state index in [-0.39, 0.29) is 5.82 Å². The van der Waals surface area contributed by atoms with Crippen LogP contribution in [0.15, 0.2) is 33.2 Å². The Bertz CT molecular complexity index is 770. The highest BCUT2D eigenvalue weighted by molar-refractivity contribution is 7.98. The Morgan fingerprint density at radius 3 is 2.95 bits per heavy atom. The van der Waals surface area contributed by atoms with E-state index in [0.717, 1.165) is 10.7 Å². The Morgan fingerprint density at radius 2 is 2.23 bits per heavy atom. The molecule has 0 saturated carbocycles. The molecule has 0 atom stereocenters. The zero-order valence-electron chi connectivity index (χ0n) is 11.5. The van der Waals surface area contributed by atoms with Crippen LogP contribution in [0.25, 0.3) is 0 Å². The van der Waals surface area contributed by atoms with E-state index in [9.17, 15) is 4.39 Å². The molecule has 2 aromatic heterocycles. The quantitative estimate of drug-likeness (QED) is 0.630. The molecule has 0 aliphatic carbocycles. The van der Waals surface area contributed by atoms with Crippen LogP contribution in [0.4, 0.5) is 4.39 Å². The molecule has 0 amide bonds. The molecule has 0 N–H and O–H groups in total. The molecule has 22 heavy (non-hydrogen) atoms. The Hall–Kier alpha value is -1.44. The van der Waals surface area contributed by atoms with Crippen molar-refractivity contribution in [2.75, 3.05) is 0 Å². The third-order valence-corrected chi connectivity index (χ3v) is 4.87. The number of halogens is 2. The SMILES string of the molecule is Cc1nc(Cc2nnc(SCc3c(F)cccc3Cl)o2)cs1. The van der Waals surface area contributed by atoms with Crippen molar-refractivity contribution in [3.05, 3.63) is 56.6 Å². The molecular weight excluding hydrogens is 345 g/mol. The number of thiazole rings is 1. The van der Waals surface area contributed by atoms with Gasteiger partial charge in [0.25, 0.3) is 5.22 Å². The number of aromatic nitrogens is 3. The summed E-state index contributed by atoms with van der Waals surface area (Å²) in [6.07, 6.45) is 0.498. The molecule has 2 heterocycles. The molecule has 0 bridgehead atoms. The van der Waals surface area contributed by atoms with Crippen LogP contribution in [0, 0.1) is 12.7 Å². The highest BCUT2D eigenvalue weighted by Gasteiger charge is 2.12. The summed E-state index contributed by atoms with van der Waals surface area (Å²) < 4.78 is 19.2. The molecule has 3 rings (SSSR count). The summed E-state index contributed by atoms with van der Waals surface area (Å²) in [5, 5.41) is 11.7. The first-order chi connectivity index (χ1) is 10.6. The number of aryl methyl sites for hydroxylation is 1. The molecule has 0 spiro atoms. The monoisotopic (exact) mass is 355 g/mol. The van der Waals surface area contributed by atoms with Crippen molar-refractivity contribution in [1.29, 1.82) is 0 Å². The first kappa shape index (κ1) is 15.5. The summed E-state index contributed by atoms with van der Waals surface area (Å²) in [7, 11) is 0. The van der Waals surface area contributed by atoms with E-state index < -0.39 is 0 Å². The standard InChI is InChI=1S/C14H11ClFN3OS2/c1-8-17-9(6-21-8)5-13-18-19-14(20-13)22-7-10-11(15)3-2-4-12(10)16/h2-4,6H,5,7H2,1H3. The fourth-order valence-electron chi connectivity index (χ4n) is 1.82. The third kappa shape index (κ3) is 3.66. The van der Waals surface area contributed by atoms with Crippen molar-refractivity contribution in [3.8, 4) is 0 Å². The second-order valence-corrected chi connectivity index (χ2v) is 6.88. The van der Waals surface area contributed by atoms with Gasteiger partial charge in [-0.2, -0.15) is 0 Å². The van der Waals surface area contributed by atoms with Crippen LogP contribution in [-0.2, 0) is 12.2 Å². The zero-order chi connectivity index (χ0) is 15.5. The van der Waals surface area contributed by atoms with Crippen LogP contribution in [0.2, 0.25) is 5.02 Å². The lowest BCUT2D eigenvalue weighted by Gasteiger charge is -2.02. The van der Waals surface area contributed by atoms with Crippen molar-refractivity contribution in [2.45, 2.75) is 24.3 Å². The van der Waals surface area contributed by atoms with E-state index in [4.69, 9.17) is 16.0 Å². The van der Waals surface area contributed by atoms with Gasteiger partial charge >= 0.3 is 0 Å². The average Bonchev–Trinajstić information content (AvgIpc) is 3.08. The van der Waals surface area contributed by atoms with Gasteiger partial charge in [-0.3, -0.25) is 0 Å². The van der Waals surface area contributed by atoms with E-state index in [1.165, 1.54) is 17.8 Å². The summed E-state index contributed by atoms with van der Waals surface area (Å²) in [5.74, 6) is 0.494. The summed E-state index contributed by atoms with van der Waals surface area (Å²) in [4.78, 5) is 4.35. The average molecular weight is 356 g/mol. The molecule has 4 nitrogen and oxygen atoms in total. The minimum Gasteiger partial charge on any atom is -0.416 e. The molecule has 3 aromatic rings. The van der Waals surface area contributed by atoms with Crippen molar-refractivity contribution in [3.63, 3.8) is 0 Å².